The fourth-order valence-corrected chi connectivity index (χ4v) is 11.1. The van der Waals surface area contributed by atoms with E-state index in [1.165, 1.54) is 64.6 Å². The van der Waals surface area contributed by atoms with Gasteiger partial charge in [-0.25, -0.2) is 19.6 Å². The Labute approximate surface area is 480 Å². The highest BCUT2D eigenvalue weighted by Crippen LogP contribution is 2.33. The number of aryl methyl sites for hydroxylation is 3. The van der Waals surface area contributed by atoms with Gasteiger partial charge in [-0.05, 0) is 120 Å². The maximum absolute atomic E-state index is 14.7. The molecule has 0 amide bonds. The Balaban J connectivity index is 0.938. The van der Waals surface area contributed by atoms with Gasteiger partial charge in [-0.1, -0.05) is 25.1 Å². The molecule has 85 heavy (non-hydrogen) atoms. The van der Waals surface area contributed by atoms with Crippen LogP contribution in [0.3, 0.4) is 0 Å². The van der Waals surface area contributed by atoms with E-state index >= 15 is 0 Å². The Kier molecular flexibility index (Phi) is 17.3. The van der Waals surface area contributed by atoms with E-state index in [1.54, 1.807) is 19.9 Å². The molecular weight excluding hydrogens is 1120 g/mol. The average Bonchev–Trinajstić information content (AvgIpc) is 2.14. The van der Waals surface area contributed by atoms with Gasteiger partial charge in [-0.3, -0.25) is 55.9 Å². The molecule has 0 atom stereocenters. The first kappa shape index (κ1) is 59.7. The second-order valence-electron chi connectivity index (χ2n) is 21.4. The first-order chi connectivity index (χ1) is 40.6. The topological polar surface area (TPSA) is 224 Å². The summed E-state index contributed by atoms with van der Waals surface area (Å²) in [5.74, 6) is -1.69. The van der Waals surface area contributed by atoms with Crippen molar-refractivity contribution in [3.8, 4) is 22.8 Å². The summed E-state index contributed by atoms with van der Waals surface area (Å²) in [6.45, 7) is 6.10. The predicted octanol–water partition coefficient (Wildman–Crippen LogP) is 6.75. The average molecular weight is 1190 g/mol. The molecular formula is C57H63F6N13O9. The van der Waals surface area contributed by atoms with Crippen LogP contribution in [0.4, 0.5) is 26.3 Å². The number of halogens is 6. The van der Waals surface area contributed by atoms with Crippen molar-refractivity contribution in [1.82, 2.24) is 61.8 Å². The van der Waals surface area contributed by atoms with Crippen molar-refractivity contribution in [3.05, 3.63) is 137 Å². The number of likely N-dealkylation sites (tertiary alicyclic amines) is 1. The second-order valence-corrected chi connectivity index (χ2v) is 21.4. The standard InChI is InChI=1S/C57H63F6N13O9/c1-5-17-73-50(77)44-48(71(6-2)54(73)81)66-47(75(44)33-84-52(79)38-13-19-68(4)20-14-38)41-28-65-70(32-41)30-37-23-35(24-43(26-37)57(61,62)63)11-9-18-74-51(78)45-49(72(7-3)55(74)82)67-46(76(45)34-85-53(80)39-15-21-83-22-16-39)40-27-64-69(31-40)29-36-10-8-12-42(25-36)56(58,59)60/h8,10,12,23-28,31-32,38-39H,5-7,9,11,13-22,29-30,33-34H2,1-4H3. The van der Waals surface area contributed by atoms with Gasteiger partial charge >= 0.3 is 35.7 Å². The van der Waals surface area contributed by atoms with Crippen LogP contribution in [0.15, 0.2) is 86.4 Å². The first-order valence-corrected chi connectivity index (χ1v) is 28.1. The molecule has 6 aromatic heterocycles. The molecule has 10 rings (SSSR count). The molecule has 2 aliphatic heterocycles. The van der Waals surface area contributed by atoms with E-state index in [1.807, 2.05) is 14.0 Å². The molecule has 8 aromatic rings. The second kappa shape index (κ2) is 24.7. The Morgan fingerprint density at radius 2 is 1.11 bits per heavy atom. The van der Waals surface area contributed by atoms with Crippen LogP contribution < -0.4 is 22.5 Å². The Bertz CT molecular complexity index is 4040. The number of piperidine rings is 1. The highest BCUT2D eigenvalue weighted by molar-refractivity contribution is 5.79. The Morgan fingerprint density at radius 1 is 0.612 bits per heavy atom. The van der Waals surface area contributed by atoms with Crippen LogP contribution in [0.1, 0.15) is 87.1 Å². The number of esters is 2. The van der Waals surface area contributed by atoms with Gasteiger partial charge in [0.25, 0.3) is 11.1 Å². The summed E-state index contributed by atoms with van der Waals surface area (Å²) in [6, 6.07) is 8.28. The molecule has 0 spiro atoms. The maximum atomic E-state index is 14.7. The maximum Gasteiger partial charge on any atom is 0.416 e. The van der Waals surface area contributed by atoms with Crippen LogP contribution in [0.5, 0.6) is 0 Å². The van der Waals surface area contributed by atoms with E-state index < -0.39 is 77.3 Å². The molecule has 2 saturated heterocycles. The van der Waals surface area contributed by atoms with Gasteiger partial charge in [0, 0.05) is 51.8 Å². The summed E-state index contributed by atoms with van der Waals surface area (Å²) in [5.41, 5.74) is -3.37. The molecule has 452 valence electrons. The number of benzene rings is 2. The quantitative estimate of drug-likeness (QED) is 0.0569. The molecule has 22 nitrogen and oxygen atoms in total. The number of hydrogen-bond donors (Lipinski definition) is 0. The molecule has 0 radical (unpaired) electrons. The number of rotatable bonds is 20. The van der Waals surface area contributed by atoms with E-state index in [4.69, 9.17) is 24.2 Å². The third-order valence-electron chi connectivity index (χ3n) is 15.5. The normalized spacial score (nSPS) is 14.9. The van der Waals surface area contributed by atoms with Crippen LogP contribution in [-0.4, -0.2) is 107 Å². The SMILES string of the molecule is CCCn1c(=O)c2c(nc(-c3cnn(Cc4cc(CCCn5c(=O)c6c(nc(-c7cnn(Cc8cccc(C(F)(F)F)c8)c7)n6COC(=O)C6CCOCC6)n(CC)c5=O)cc(C(F)(F)F)c4)c3)n2COC(=O)C2CCN(C)CC2)n(CC)c1=O. The van der Waals surface area contributed by atoms with E-state index in [2.05, 4.69) is 15.1 Å². The summed E-state index contributed by atoms with van der Waals surface area (Å²) < 4.78 is 112. The molecule has 0 unspecified atom stereocenters. The molecule has 0 aliphatic carbocycles. The third kappa shape index (κ3) is 12.6. The van der Waals surface area contributed by atoms with Gasteiger partial charge in [-0.15, -0.1) is 0 Å². The lowest BCUT2D eigenvalue weighted by Gasteiger charge is -2.27. The van der Waals surface area contributed by atoms with Gasteiger partial charge in [-0.2, -0.15) is 36.5 Å². The summed E-state index contributed by atoms with van der Waals surface area (Å²) >= 11 is 0. The van der Waals surface area contributed by atoms with Gasteiger partial charge in [0.1, 0.15) is 11.6 Å². The molecule has 0 saturated carbocycles. The lowest BCUT2D eigenvalue weighted by atomic mass is 9.97. The molecule has 2 aromatic carbocycles. The lowest BCUT2D eigenvalue weighted by molar-refractivity contribution is -0.155. The largest absolute Gasteiger partial charge is 0.444 e. The monoisotopic (exact) mass is 1190 g/mol. The number of nitrogens with zero attached hydrogens (tertiary/aromatic N) is 13. The minimum atomic E-state index is -4.79. The molecule has 8 heterocycles. The summed E-state index contributed by atoms with van der Waals surface area (Å²) in [4.78, 5) is 95.0. The van der Waals surface area contributed by atoms with Gasteiger partial charge in [0.15, 0.2) is 35.8 Å². The molecule has 0 bridgehead atoms. The minimum Gasteiger partial charge on any atom is -0.444 e. The zero-order valence-electron chi connectivity index (χ0n) is 47.2. The Hall–Kier alpha value is -8.40. The molecule has 0 N–H and O–H groups in total. The highest BCUT2D eigenvalue weighted by atomic mass is 19.4. The number of carbonyl (C=O) groups is 2. The minimum absolute atomic E-state index is 0.000453. The number of imidazole rings is 2. The Morgan fingerprint density at radius 3 is 1.62 bits per heavy atom. The van der Waals surface area contributed by atoms with Crippen molar-refractivity contribution < 1.29 is 50.1 Å². The predicted molar refractivity (Wildman–Crippen MR) is 296 cm³/mol. The summed E-state index contributed by atoms with van der Waals surface area (Å²) in [5, 5.41) is 8.80. The number of alkyl halides is 6. The fraction of sp³-hybridized carbons (Fsp3) is 0.474. The van der Waals surface area contributed by atoms with Crippen molar-refractivity contribution in [2.24, 2.45) is 11.8 Å². The van der Waals surface area contributed by atoms with E-state index in [9.17, 15) is 55.1 Å². The number of aromatic nitrogens is 12. The zero-order valence-corrected chi connectivity index (χ0v) is 47.2. The van der Waals surface area contributed by atoms with Crippen LogP contribution in [0.25, 0.3) is 45.1 Å². The number of hydrogen-bond acceptors (Lipinski definition) is 14. The third-order valence-corrected chi connectivity index (χ3v) is 15.5. The van der Waals surface area contributed by atoms with Crippen LogP contribution in [0.2, 0.25) is 0 Å². The van der Waals surface area contributed by atoms with E-state index in [-0.39, 0.29) is 109 Å². The number of ether oxygens (including phenoxy) is 3. The smallest absolute Gasteiger partial charge is 0.416 e. The van der Waals surface area contributed by atoms with Gasteiger partial charge < -0.3 is 19.1 Å². The van der Waals surface area contributed by atoms with Crippen molar-refractivity contribution >= 4 is 34.3 Å². The van der Waals surface area contributed by atoms with Crippen molar-refractivity contribution in [1.29, 1.82) is 0 Å². The summed E-state index contributed by atoms with van der Waals surface area (Å²) in [6.07, 6.45) is -1.16. The van der Waals surface area contributed by atoms with Crippen molar-refractivity contribution in [3.63, 3.8) is 0 Å². The van der Waals surface area contributed by atoms with Crippen LogP contribution in [-0.2, 0) is 95.3 Å². The highest BCUT2D eigenvalue weighted by Gasteiger charge is 2.34. The van der Waals surface area contributed by atoms with Crippen molar-refractivity contribution in [2.75, 3.05) is 33.4 Å². The molecule has 28 heteroatoms. The van der Waals surface area contributed by atoms with Crippen LogP contribution >= 0.6 is 0 Å². The summed E-state index contributed by atoms with van der Waals surface area (Å²) in [7, 11) is 1.96. The molecule has 2 fully saturated rings. The lowest BCUT2D eigenvalue weighted by Crippen LogP contribution is -2.40. The fourth-order valence-electron chi connectivity index (χ4n) is 11.1. The zero-order chi connectivity index (χ0) is 60.5. The van der Waals surface area contributed by atoms with Gasteiger partial charge in [0.05, 0.1) is 59.6 Å². The van der Waals surface area contributed by atoms with Crippen LogP contribution in [0, 0.1) is 11.8 Å². The van der Waals surface area contributed by atoms with E-state index in [0.717, 1.165) is 33.4 Å². The number of fused-ring (bicyclic) bond motifs is 2. The van der Waals surface area contributed by atoms with Gasteiger partial charge in [0.2, 0.25) is 0 Å². The first-order valence-electron chi connectivity index (χ1n) is 28.1. The van der Waals surface area contributed by atoms with E-state index in [0.29, 0.717) is 69.5 Å². The number of carbonyl (C=O) groups excluding carboxylic acids is 2. The van der Waals surface area contributed by atoms with Crippen molar-refractivity contribution in [2.45, 2.75) is 131 Å². The molecule has 2 aliphatic rings.